The van der Waals surface area contributed by atoms with E-state index in [-0.39, 0.29) is 24.1 Å². The topological polar surface area (TPSA) is 55.1 Å². The van der Waals surface area contributed by atoms with Crippen LogP contribution in [0.5, 0.6) is 0 Å². The highest BCUT2D eigenvalue weighted by Gasteiger charge is 2.03. The third kappa shape index (κ3) is 8.12. The standard InChI is InChI=1S/C15H23FN2O.ClH/c16-14-8-5-4-7-13(14)10-12-18-15(19)9-3-1-2-6-11-17;/h4-5,7-8H,1-3,6,9-12,17H2,(H,18,19);1H. The van der Waals surface area contributed by atoms with Crippen molar-refractivity contribution < 1.29 is 9.18 Å². The molecule has 3 nitrogen and oxygen atoms in total. The normalized spacial score (nSPS) is 9.90. The van der Waals surface area contributed by atoms with Crippen LogP contribution in [0.25, 0.3) is 0 Å². The van der Waals surface area contributed by atoms with E-state index in [2.05, 4.69) is 5.32 Å². The van der Waals surface area contributed by atoms with Crippen LogP contribution in [0.15, 0.2) is 24.3 Å². The molecule has 3 N–H and O–H groups in total. The average Bonchev–Trinajstić information content (AvgIpc) is 2.41. The van der Waals surface area contributed by atoms with Gasteiger partial charge in [0, 0.05) is 13.0 Å². The van der Waals surface area contributed by atoms with Gasteiger partial charge in [-0.1, -0.05) is 31.0 Å². The predicted molar refractivity (Wildman–Crippen MR) is 82.5 cm³/mol. The van der Waals surface area contributed by atoms with E-state index in [4.69, 9.17) is 5.73 Å². The van der Waals surface area contributed by atoms with Gasteiger partial charge in [-0.25, -0.2) is 4.39 Å². The molecule has 0 spiro atoms. The molecule has 1 amide bonds. The minimum Gasteiger partial charge on any atom is -0.356 e. The minimum atomic E-state index is -0.210. The molecular formula is C15H24ClFN2O. The molecule has 0 saturated carbocycles. The smallest absolute Gasteiger partial charge is 0.220 e. The fraction of sp³-hybridized carbons (Fsp3) is 0.533. The second-order valence-corrected chi connectivity index (χ2v) is 4.64. The van der Waals surface area contributed by atoms with Crippen LogP contribution in [-0.2, 0) is 11.2 Å². The summed E-state index contributed by atoms with van der Waals surface area (Å²) >= 11 is 0. The van der Waals surface area contributed by atoms with Crippen molar-refractivity contribution in [2.24, 2.45) is 5.73 Å². The largest absolute Gasteiger partial charge is 0.356 e. The zero-order chi connectivity index (χ0) is 13.9. The number of halogens is 2. The minimum absolute atomic E-state index is 0. The van der Waals surface area contributed by atoms with Gasteiger partial charge in [-0.15, -0.1) is 12.4 Å². The Morgan fingerprint density at radius 3 is 2.55 bits per heavy atom. The van der Waals surface area contributed by atoms with E-state index in [1.54, 1.807) is 18.2 Å². The Kier molecular flexibility index (Phi) is 11.0. The first-order valence-electron chi connectivity index (χ1n) is 6.94. The average molecular weight is 303 g/mol. The molecule has 0 saturated heterocycles. The number of benzene rings is 1. The summed E-state index contributed by atoms with van der Waals surface area (Å²) in [6.45, 7) is 1.21. The molecule has 1 aromatic rings. The molecule has 0 radical (unpaired) electrons. The highest BCUT2D eigenvalue weighted by atomic mass is 35.5. The molecule has 0 aliphatic heterocycles. The van der Waals surface area contributed by atoms with Crippen molar-refractivity contribution in [3.05, 3.63) is 35.6 Å². The Morgan fingerprint density at radius 1 is 1.15 bits per heavy atom. The van der Waals surface area contributed by atoms with Gasteiger partial charge < -0.3 is 11.1 Å². The second-order valence-electron chi connectivity index (χ2n) is 4.64. The number of hydrogen-bond donors (Lipinski definition) is 2. The lowest BCUT2D eigenvalue weighted by molar-refractivity contribution is -0.121. The first-order chi connectivity index (χ1) is 9.24. The first kappa shape index (κ1) is 18.9. The Morgan fingerprint density at radius 2 is 1.85 bits per heavy atom. The molecule has 1 aromatic carbocycles. The van der Waals surface area contributed by atoms with Crippen LogP contribution in [0.4, 0.5) is 4.39 Å². The summed E-state index contributed by atoms with van der Waals surface area (Å²) in [4.78, 5) is 11.5. The van der Waals surface area contributed by atoms with E-state index in [0.29, 0.717) is 24.9 Å². The van der Waals surface area contributed by atoms with Crippen molar-refractivity contribution >= 4 is 18.3 Å². The summed E-state index contributed by atoms with van der Waals surface area (Å²) in [5.74, 6) is -0.164. The summed E-state index contributed by atoms with van der Waals surface area (Å²) in [6, 6.07) is 6.65. The van der Waals surface area contributed by atoms with E-state index in [1.165, 1.54) is 6.07 Å². The molecule has 0 aliphatic carbocycles. The van der Waals surface area contributed by atoms with Crippen LogP contribution in [0, 0.1) is 5.82 Å². The lowest BCUT2D eigenvalue weighted by atomic mass is 10.1. The second kappa shape index (κ2) is 11.7. The Balaban J connectivity index is 0.00000361. The number of amides is 1. The Labute approximate surface area is 126 Å². The van der Waals surface area contributed by atoms with E-state index in [1.807, 2.05) is 0 Å². The quantitative estimate of drug-likeness (QED) is 0.689. The summed E-state index contributed by atoms with van der Waals surface area (Å²) in [6.07, 6.45) is 5.12. The maximum Gasteiger partial charge on any atom is 0.220 e. The third-order valence-electron chi connectivity index (χ3n) is 3.03. The van der Waals surface area contributed by atoms with Gasteiger partial charge >= 0.3 is 0 Å². The SMILES string of the molecule is Cl.NCCCCCCC(=O)NCCc1ccccc1F. The van der Waals surface area contributed by atoms with Crippen LogP contribution in [0.1, 0.15) is 37.7 Å². The fourth-order valence-electron chi connectivity index (χ4n) is 1.91. The number of unbranched alkanes of at least 4 members (excludes halogenated alkanes) is 3. The molecular weight excluding hydrogens is 279 g/mol. The van der Waals surface area contributed by atoms with Gasteiger partial charge in [-0.3, -0.25) is 4.79 Å². The summed E-state index contributed by atoms with van der Waals surface area (Å²) in [7, 11) is 0. The molecule has 114 valence electrons. The highest BCUT2D eigenvalue weighted by Crippen LogP contribution is 2.06. The van der Waals surface area contributed by atoms with Crippen molar-refractivity contribution in [1.82, 2.24) is 5.32 Å². The van der Waals surface area contributed by atoms with Crippen LogP contribution in [0.2, 0.25) is 0 Å². The van der Waals surface area contributed by atoms with Crippen molar-refractivity contribution in [2.75, 3.05) is 13.1 Å². The lowest BCUT2D eigenvalue weighted by Gasteiger charge is -2.06. The molecule has 0 aliphatic rings. The van der Waals surface area contributed by atoms with E-state index < -0.39 is 0 Å². The third-order valence-corrected chi connectivity index (χ3v) is 3.03. The van der Waals surface area contributed by atoms with Gasteiger partial charge in [0.1, 0.15) is 5.82 Å². The Hall–Kier alpha value is -1.13. The monoisotopic (exact) mass is 302 g/mol. The predicted octanol–water partition coefficient (Wildman–Crippen LogP) is 2.82. The number of nitrogens with one attached hydrogen (secondary N) is 1. The molecule has 1 rings (SSSR count). The number of rotatable bonds is 9. The van der Waals surface area contributed by atoms with Crippen molar-refractivity contribution in [3.63, 3.8) is 0 Å². The number of nitrogens with two attached hydrogens (primary N) is 1. The van der Waals surface area contributed by atoms with Crippen LogP contribution in [0.3, 0.4) is 0 Å². The van der Waals surface area contributed by atoms with Crippen LogP contribution in [-0.4, -0.2) is 19.0 Å². The maximum atomic E-state index is 13.3. The van der Waals surface area contributed by atoms with Gasteiger partial charge in [-0.05, 0) is 37.4 Å². The number of carbonyl (C=O) groups is 1. The van der Waals surface area contributed by atoms with Gasteiger partial charge in [0.25, 0.3) is 0 Å². The molecule has 0 unspecified atom stereocenters. The van der Waals surface area contributed by atoms with E-state index >= 15 is 0 Å². The van der Waals surface area contributed by atoms with Crippen molar-refractivity contribution in [2.45, 2.75) is 38.5 Å². The van der Waals surface area contributed by atoms with Gasteiger partial charge in [0.15, 0.2) is 0 Å². The lowest BCUT2D eigenvalue weighted by Crippen LogP contribution is -2.25. The van der Waals surface area contributed by atoms with Crippen LogP contribution >= 0.6 is 12.4 Å². The molecule has 0 bridgehead atoms. The highest BCUT2D eigenvalue weighted by molar-refractivity contribution is 5.85. The van der Waals surface area contributed by atoms with E-state index in [0.717, 1.165) is 32.2 Å². The van der Waals surface area contributed by atoms with Gasteiger partial charge in [0.05, 0.1) is 0 Å². The zero-order valence-electron chi connectivity index (χ0n) is 11.7. The molecule has 5 heteroatoms. The van der Waals surface area contributed by atoms with Gasteiger partial charge in [-0.2, -0.15) is 0 Å². The molecule has 0 heterocycles. The summed E-state index contributed by atoms with van der Waals surface area (Å²) in [5, 5.41) is 2.82. The first-order valence-corrected chi connectivity index (χ1v) is 6.94. The Bertz CT molecular complexity index is 388. The molecule has 20 heavy (non-hydrogen) atoms. The van der Waals surface area contributed by atoms with Gasteiger partial charge in [0.2, 0.25) is 5.91 Å². The van der Waals surface area contributed by atoms with Crippen molar-refractivity contribution in [3.8, 4) is 0 Å². The summed E-state index contributed by atoms with van der Waals surface area (Å²) < 4.78 is 13.3. The fourth-order valence-corrected chi connectivity index (χ4v) is 1.91. The molecule has 0 fully saturated rings. The number of hydrogen-bond acceptors (Lipinski definition) is 2. The maximum absolute atomic E-state index is 13.3. The summed E-state index contributed by atoms with van der Waals surface area (Å²) in [5.41, 5.74) is 6.04. The van der Waals surface area contributed by atoms with Crippen LogP contribution < -0.4 is 11.1 Å². The van der Waals surface area contributed by atoms with E-state index in [9.17, 15) is 9.18 Å². The number of carbonyl (C=O) groups excluding carboxylic acids is 1. The molecule has 0 aromatic heterocycles. The molecule has 0 atom stereocenters. The van der Waals surface area contributed by atoms with Crippen molar-refractivity contribution in [1.29, 1.82) is 0 Å². The zero-order valence-corrected chi connectivity index (χ0v) is 12.6.